The van der Waals surface area contributed by atoms with Crippen molar-refractivity contribution in [1.82, 2.24) is 9.80 Å². The molecule has 0 bridgehead atoms. The second-order valence-corrected chi connectivity index (χ2v) is 7.17. The van der Waals surface area contributed by atoms with Gasteiger partial charge in [0.05, 0.1) is 12.7 Å². The van der Waals surface area contributed by atoms with Crippen LogP contribution in [0.5, 0.6) is 5.75 Å². The van der Waals surface area contributed by atoms with Gasteiger partial charge in [-0.15, -0.1) is 0 Å². The fourth-order valence-electron chi connectivity index (χ4n) is 3.03. The summed E-state index contributed by atoms with van der Waals surface area (Å²) < 4.78 is 19.8. The number of rotatable bonds is 4. The number of amides is 1. The van der Waals surface area contributed by atoms with Gasteiger partial charge in [0.25, 0.3) is 5.91 Å². The lowest BCUT2D eigenvalue weighted by Crippen LogP contribution is -2.48. The van der Waals surface area contributed by atoms with Crippen molar-refractivity contribution in [3.63, 3.8) is 0 Å². The van der Waals surface area contributed by atoms with Gasteiger partial charge in [-0.25, -0.2) is 4.39 Å². The van der Waals surface area contributed by atoms with E-state index in [4.69, 9.17) is 4.74 Å². The van der Waals surface area contributed by atoms with Crippen molar-refractivity contribution in [2.45, 2.75) is 6.54 Å². The van der Waals surface area contributed by atoms with Crippen molar-refractivity contribution >= 4 is 28.5 Å². The van der Waals surface area contributed by atoms with Crippen LogP contribution in [0.2, 0.25) is 0 Å². The number of carbonyl (C=O) groups is 1. The first kappa shape index (κ1) is 18.1. The maximum Gasteiger partial charge on any atom is 0.255 e. The molecule has 2 aromatic carbocycles. The van der Waals surface area contributed by atoms with Crippen LogP contribution in [-0.2, 0) is 6.54 Å². The number of hydrogen-bond donors (Lipinski definition) is 0. The summed E-state index contributed by atoms with van der Waals surface area (Å²) in [4.78, 5) is 16.8. The maximum atomic E-state index is 13.5. The number of benzene rings is 2. The summed E-state index contributed by atoms with van der Waals surface area (Å²) in [6, 6.07) is 12.2. The molecule has 4 nitrogen and oxygen atoms in total. The van der Waals surface area contributed by atoms with Crippen LogP contribution in [-0.4, -0.2) is 49.0 Å². The minimum atomic E-state index is -0.261. The number of ether oxygens (including phenoxy) is 1. The van der Waals surface area contributed by atoms with E-state index < -0.39 is 0 Å². The molecule has 1 aliphatic rings. The van der Waals surface area contributed by atoms with E-state index in [-0.39, 0.29) is 11.7 Å². The van der Waals surface area contributed by atoms with E-state index in [0.29, 0.717) is 25.4 Å². The molecule has 0 aliphatic carbocycles. The minimum Gasteiger partial charge on any atom is -0.496 e. The molecule has 1 heterocycles. The Labute approximate surface area is 160 Å². The van der Waals surface area contributed by atoms with Gasteiger partial charge in [-0.3, -0.25) is 9.69 Å². The normalized spacial score (nSPS) is 15.2. The number of nitrogens with zero attached hydrogens (tertiary/aromatic N) is 2. The number of carbonyl (C=O) groups excluding carboxylic acids is 1. The van der Waals surface area contributed by atoms with Gasteiger partial charge in [0.2, 0.25) is 0 Å². The van der Waals surface area contributed by atoms with Crippen molar-refractivity contribution in [3.05, 3.63) is 63.0 Å². The number of hydrogen-bond acceptors (Lipinski definition) is 3. The molecule has 1 amide bonds. The molecule has 0 atom stereocenters. The van der Waals surface area contributed by atoms with Crippen LogP contribution in [0.1, 0.15) is 15.9 Å². The van der Waals surface area contributed by atoms with Gasteiger partial charge in [0.1, 0.15) is 11.6 Å². The summed E-state index contributed by atoms with van der Waals surface area (Å²) >= 11 is 2.19. The summed E-state index contributed by atoms with van der Waals surface area (Å²) in [6.45, 7) is 3.47. The first-order valence-electron chi connectivity index (χ1n) is 8.17. The molecule has 1 aliphatic heterocycles. The Hall–Kier alpha value is -1.67. The molecule has 25 heavy (non-hydrogen) atoms. The van der Waals surface area contributed by atoms with Crippen molar-refractivity contribution in [2.24, 2.45) is 0 Å². The molecule has 1 fully saturated rings. The van der Waals surface area contributed by atoms with Crippen molar-refractivity contribution in [1.29, 1.82) is 0 Å². The lowest BCUT2D eigenvalue weighted by atomic mass is 10.1. The van der Waals surface area contributed by atoms with E-state index in [9.17, 15) is 9.18 Å². The van der Waals surface area contributed by atoms with Gasteiger partial charge in [0, 0.05) is 41.9 Å². The van der Waals surface area contributed by atoms with Gasteiger partial charge < -0.3 is 9.64 Å². The topological polar surface area (TPSA) is 32.8 Å². The first-order valence-corrected chi connectivity index (χ1v) is 9.25. The van der Waals surface area contributed by atoms with Gasteiger partial charge in [0.15, 0.2) is 0 Å². The molecule has 0 spiro atoms. The zero-order valence-electron chi connectivity index (χ0n) is 14.0. The molecular weight excluding hydrogens is 434 g/mol. The average Bonchev–Trinajstić information content (AvgIpc) is 2.62. The van der Waals surface area contributed by atoms with Crippen LogP contribution < -0.4 is 4.74 Å². The van der Waals surface area contributed by atoms with E-state index in [1.54, 1.807) is 13.2 Å². The van der Waals surface area contributed by atoms with Crippen molar-refractivity contribution in [2.75, 3.05) is 33.3 Å². The number of halogens is 2. The predicted octanol–water partition coefficient (Wildman–Crippen LogP) is 3.40. The van der Waals surface area contributed by atoms with Crippen molar-refractivity contribution in [3.8, 4) is 5.75 Å². The summed E-state index contributed by atoms with van der Waals surface area (Å²) in [5.41, 5.74) is 1.59. The molecule has 3 rings (SSSR count). The van der Waals surface area contributed by atoms with Gasteiger partial charge in [-0.1, -0.05) is 12.1 Å². The molecule has 0 unspecified atom stereocenters. The third-order valence-electron chi connectivity index (χ3n) is 4.40. The van der Waals surface area contributed by atoms with Gasteiger partial charge in [-0.2, -0.15) is 0 Å². The van der Waals surface area contributed by atoms with Gasteiger partial charge >= 0.3 is 0 Å². The summed E-state index contributed by atoms with van der Waals surface area (Å²) in [5.74, 6) is 0.509. The highest BCUT2D eigenvalue weighted by atomic mass is 127. The standard InChI is InChI=1S/C19H20FIN2O2/c1-25-18-7-6-15(20)12-14(18)13-22-8-10-23(11-9-22)19(24)16-4-2-3-5-17(16)21/h2-7,12H,8-11,13H2,1H3. The maximum absolute atomic E-state index is 13.5. The smallest absolute Gasteiger partial charge is 0.255 e. The number of piperazine rings is 1. The Balaban J connectivity index is 1.62. The summed E-state index contributed by atoms with van der Waals surface area (Å²) in [6.07, 6.45) is 0. The molecule has 0 N–H and O–H groups in total. The number of methoxy groups -OCH3 is 1. The van der Waals surface area contributed by atoms with Crippen LogP contribution in [0.15, 0.2) is 42.5 Å². The Kier molecular flexibility index (Phi) is 5.90. The fraction of sp³-hybridized carbons (Fsp3) is 0.316. The first-order chi connectivity index (χ1) is 12.1. The predicted molar refractivity (Wildman–Crippen MR) is 103 cm³/mol. The molecule has 2 aromatic rings. The Morgan fingerprint density at radius 2 is 1.88 bits per heavy atom. The Morgan fingerprint density at radius 3 is 2.56 bits per heavy atom. The zero-order valence-corrected chi connectivity index (χ0v) is 16.2. The molecular formula is C19H20FIN2O2. The van der Waals surface area contributed by atoms with Crippen LogP contribution in [0.25, 0.3) is 0 Å². The van der Waals surface area contributed by atoms with E-state index in [1.165, 1.54) is 12.1 Å². The molecule has 0 saturated carbocycles. The second kappa shape index (κ2) is 8.14. The second-order valence-electron chi connectivity index (χ2n) is 6.00. The third kappa shape index (κ3) is 4.30. The highest BCUT2D eigenvalue weighted by Crippen LogP contribution is 2.22. The largest absolute Gasteiger partial charge is 0.496 e. The lowest BCUT2D eigenvalue weighted by molar-refractivity contribution is 0.0626. The van der Waals surface area contributed by atoms with Crippen LogP contribution >= 0.6 is 22.6 Å². The Bertz CT molecular complexity index is 761. The molecule has 6 heteroatoms. The lowest BCUT2D eigenvalue weighted by Gasteiger charge is -2.35. The zero-order chi connectivity index (χ0) is 17.8. The minimum absolute atomic E-state index is 0.0768. The van der Waals surface area contributed by atoms with Crippen LogP contribution in [0.4, 0.5) is 4.39 Å². The molecule has 132 valence electrons. The average molecular weight is 454 g/mol. The highest BCUT2D eigenvalue weighted by molar-refractivity contribution is 14.1. The van der Waals surface area contributed by atoms with E-state index in [0.717, 1.165) is 27.8 Å². The monoisotopic (exact) mass is 454 g/mol. The SMILES string of the molecule is COc1ccc(F)cc1CN1CCN(C(=O)c2ccccc2I)CC1. The van der Waals surface area contributed by atoms with E-state index >= 15 is 0 Å². The van der Waals surface area contributed by atoms with Crippen molar-refractivity contribution < 1.29 is 13.9 Å². The van der Waals surface area contributed by atoms with Gasteiger partial charge in [-0.05, 0) is 52.9 Å². The highest BCUT2D eigenvalue weighted by Gasteiger charge is 2.23. The fourth-order valence-corrected chi connectivity index (χ4v) is 3.64. The van der Waals surface area contributed by atoms with E-state index in [1.807, 2.05) is 29.2 Å². The summed E-state index contributed by atoms with van der Waals surface area (Å²) in [7, 11) is 1.59. The van der Waals surface area contributed by atoms with Crippen LogP contribution in [0.3, 0.4) is 0 Å². The molecule has 0 radical (unpaired) electrons. The Morgan fingerprint density at radius 1 is 1.16 bits per heavy atom. The summed E-state index contributed by atoms with van der Waals surface area (Å²) in [5, 5.41) is 0. The third-order valence-corrected chi connectivity index (χ3v) is 5.34. The molecule has 0 aromatic heterocycles. The quantitative estimate of drug-likeness (QED) is 0.665. The van der Waals surface area contributed by atoms with Crippen LogP contribution in [0, 0.1) is 9.39 Å². The molecule has 1 saturated heterocycles. The van der Waals surface area contributed by atoms with E-state index in [2.05, 4.69) is 27.5 Å².